The van der Waals surface area contributed by atoms with E-state index in [1.807, 2.05) is 42.3 Å². The van der Waals surface area contributed by atoms with Gasteiger partial charge < -0.3 is 25.8 Å². The summed E-state index contributed by atoms with van der Waals surface area (Å²) in [7, 11) is 3.19. The number of phenols is 1. The number of aromatic hydroxyl groups is 1. The van der Waals surface area contributed by atoms with Crippen molar-refractivity contribution in [3.05, 3.63) is 95.1 Å². The topological polar surface area (TPSA) is 105 Å². The van der Waals surface area contributed by atoms with Crippen molar-refractivity contribution in [3.8, 4) is 5.75 Å². The average molecular weight is 462 g/mol. The second kappa shape index (κ2) is 11.9. The van der Waals surface area contributed by atoms with Crippen molar-refractivity contribution < 1.29 is 19.4 Å². The molecule has 1 unspecified atom stereocenters. The van der Waals surface area contributed by atoms with Crippen LogP contribution in [0.15, 0.2) is 72.8 Å². The molecule has 7 nitrogen and oxygen atoms in total. The Morgan fingerprint density at radius 2 is 1.68 bits per heavy atom. The number of hydrogen-bond acceptors (Lipinski definition) is 6. The van der Waals surface area contributed by atoms with Crippen LogP contribution in [0.1, 0.15) is 27.0 Å². The van der Waals surface area contributed by atoms with E-state index in [1.165, 1.54) is 12.7 Å². The van der Waals surface area contributed by atoms with Gasteiger partial charge in [-0.25, -0.2) is 4.79 Å². The Morgan fingerprint density at radius 1 is 1.00 bits per heavy atom. The predicted molar refractivity (Wildman–Crippen MR) is 133 cm³/mol. The molecule has 0 radical (unpaired) electrons. The number of methoxy groups -OCH3 is 1. The first-order chi connectivity index (χ1) is 16.4. The molecule has 3 rings (SSSR count). The quantitative estimate of drug-likeness (QED) is 0.401. The molecule has 0 aromatic heterocycles. The molecule has 4 N–H and O–H groups in total. The minimum Gasteiger partial charge on any atom is -0.507 e. The van der Waals surface area contributed by atoms with Gasteiger partial charge in [0, 0.05) is 31.8 Å². The number of carbonyl (C=O) groups excluding carboxylic acids is 2. The summed E-state index contributed by atoms with van der Waals surface area (Å²) in [4.78, 5) is 27.1. The van der Waals surface area contributed by atoms with E-state index in [0.717, 1.165) is 23.2 Å². The van der Waals surface area contributed by atoms with Gasteiger partial charge in [0.15, 0.2) is 0 Å². The smallest absolute Gasteiger partial charge is 0.328 e. The van der Waals surface area contributed by atoms with Gasteiger partial charge in [0.05, 0.1) is 12.7 Å². The van der Waals surface area contributed by atoms with Gasteiger partial charge in [-0.1, -0.05) is 54.6 Å². The molecule has 0 aliphatic rings. The third-order valence-corrected chi connectivity index (χ3v) is 5.62. The van der Waals surface area contributed by atoms with Crippen LogP contribution in [0.25, 0.3) is 0 Å². The lowest BCUT2D eigenvalue weighted by Crippen LogP contribution is -2.43. The van der Waals surface area contributed by atoms with Gasteiger partial charge in [-0.05, 0) is 41.8 Å². The lowest BCUT2D eigenvalue weighted by molar-refractivity contribution is -0.142. The third kappa shape index (κ3) is 6.59. The van der Waals surface area contributed by atoms with Crippen molar-refractivity contribution >= 4 is 17.6 Å². The van der Waals surface area contributed by atoms with E-state index in [9.17, 15) is 14.7 Å². The minimum atomic E-state index is -0.871. The van der Waals surface area contributed by atoms with Crippen LogP contribution in [0, 0.1) is 0 Å². The van der Waals surface area contributed by atoms with Gasteiger partial charge in [0.2, 0.25) is 0 Å². The van der Waals surface area contributed by atoms with Crippen molar-refractivity contribution in [1.82, 2.24) is 5.32 Å². The number of esters is 1. The van der Waals surface area contributed by atoms with Crippen LogP contribution in [0.4, 0.5) is 5.69 Å². The highest BCUT2D eigenvalue weighted by molar-refractivity contribution is 5.99. The normalized spacial score (nSPS) is 11.5. The van der Waals surface area contributed by atoms with Gasteiger partial charge in [-0.15, -0.1) is 0 Å². The number of nitrogens with zero attached hydrogens (tertiary/aromatic N) is 1. The maximum atomic E-state index is 12.8. The number of hydrogen-bond donors (Lipinski definition) is 3. The number of phenolic OH excluding ortho intramolecular Hbond substituents is 1. The van der Waals surface area contributed by atoms with Crippen LogP contribution in [-0.4, -0.2) is 43.7 Å². The van der Waals surface area contributed by atoms with Crippen molar-refractivity contribution in [2.24, 2.45) is 5.73 Å². The minimum absolute atomic E-state index is 0.0882. The summed E-state index contributed by atoms with van der Waals surface area (Å²) < 4.78 is 4.85. The largest absolute Gasteiger partial charge is 0.507 e. The number of amides is 1. The van der Waals surface area contributed by atoms with E-state index < -0.39 is 17.9 Å². The Balaban J connectivity index is 1.68. The highest BCUT2D eigenvalue weighted by Crippen LogP contribution is 2.25. The summed E-state index contributed by atoms with van der Waals surface area (Å²) in [6.07, 6.45) is 1.13. The molecule has 3 aromatic rings. The first-order valence-electron chi connectivity index (χ1n) is 11.2. The Labute approximate surface area is 200 Å². The summed E-state index contributed by atoms with van der Waals surface area (Å²) in [5.74, 6) is -1.26. The maximum Gasteiger partial charge on any atom is 0.328 e. The Bertz CT molecular complexity index is 1100. The molecule has 3 aromatic carbocycles. The SMILES string of the molecule is COC(=O)C(Cc1ccccc1)NC(=O)c1ccc(N(C)Cc2ccc(CCN)cc2)cc1O. The fourth-order valence-corrected chi connectivity index (χ4v) is 3.71. The highest BCUT2D eigenvalue weighted by Gasteiger charge is 2.24. The Morgan fingerprint density at radius 3 is 2.29 bits per heavy atom. The first kappa shape index (κ1) is 24.8. The zero-order valence-electron chi connectivity index (χ0n) is 19.5. The highest BCUT2D eigenvalue weighted by atomic mass is 16.5. The summed E-state index contributed by atoms with van der Waals surface area (Å²) >= 11 is 0. The van der Waals surface area contributed by atoms with Crippen LogP contribution in [0.5, 0.6) is 5.75 Å². The number of nitrogens with two attached hydrogens (primary N) is 1. The molecular formula is C27H31N3O4. The van der Waals surface area contributed by atoms with E-state index in [1.54, 1.807) is 18.2 Å². The number of ether oxygens (including phenoxy) is 1. The second-order valence-corrected chi connectivity index (χ2v) is 8.15. The summed E-state index contributed by atoms with van der Waals surface area (Å²) in [6.45, 7) is 1.25. The molecule has 0 saturated carbocycles. The molecule has 7 heteroatoms. The Hall–Kier alpha value is -3.84. The second-order valence-electron chi connectivity index (χ2n) is 8.15. The molecule has 0 bridgehead atoms. The van der Waals surface area contributed by atoms with Gasteiger partial charge in [-0.3, -0.25) is 4.79 Å². The standard InChI is InChI=1S/C27H31N3O4/c1-30(18-21-10-8-19(9-11-21)14-15-28)22-12-13-23(25(31)17-22)26(32)29-24(27(33)34-2)16-20-6-4-3-5-7-20/h3-13,17,24,31H,14-16,18,28H2,1-2H3,(H,29,32). The van der Waals surface area contributed by atoms with Gasteiger partial charge in [0.25, 0.3) is 5.91 Å². The van der Waals surface area contributed by atoms with Gasteiger partial charge >= 0.3 is 5.97 Å². The molecule has 0 spiro atoms. The molecule has 34 heavy (non-hydrogen) atoms. The van der Waals surface area contributed by atoms with E-state index in [2.05, 4.69) is 29.6 Å². The monoisotopic (exact) mass is 461 g/mol. The van der Waals surface area contributed by atoms with Crippen LogP contribution in [0.3, 0.4) is 0 Å². The summed E-state index contributed by atoms with van der Waals surface area (Å²) in [5, 5.41) is 13.2. The lowest BCUT2D eigenvalue weighted by atomic mass is 10.0. The zero-order chi connectivity index (χ0) is 24.5. The predicted octanol–water partition coefficient (Wildman–Crippen LogP) is 3.04. The van der Waals surface area contributed by atoms with Crippen molar-refractivity contribution in [3.63, 3.8) is 0 Å². The lowest BCUT2D eigenvalue weighted by Gasteiger charge is -2.21. The third-order valence-electron chi connectivity index (χ3n) is 5.62. The first-order valence-corrected chi connectivity index (χ1v) is 11.2. The van der Waals surface area contributed by atoms with Crippen molar-refractivity contribution in [2.45, 2.75) is 25.4 Å². The van der Waals surface area contributed by atoms with E-state index in [0.29, 0.717) is 13.1 Å². The van der Waals surface area contributed by atoms with Crippen LogP contribution in [-0.2, 0) is 28.9 Å². The van der Waals surface area contributed by atoms with E-state index in [-0.39, 0.29) is 17.7 Å². The fourth-order valence-electron chi connectivity index (χ4n) is 3.71. The average Bonchev–Trinajstić information content (AvgIpc) is 2.85. The number of nitrogens with one attached hydrogen (secondary N) is 1. The van der Waals surface area contributed by atoms with Crippen LogP contribution in [0.2, 0.25) is 0 Å². The van der Waals surface area contributed by atoms with Gasteiger partial charge in [-0.2, -0.15) is 0 Å². The molecule has 1 atom stereocenters. The van der Waals surface area contributed by atoms with Gasteiger partial charge in [0.1, 0.15) is 11.8 Å². The molecule has 0 heterocycles. The van der Waals surface area contributed by atoms with E-state index in [4.69, 9.17) is 10.5 Å². The zero-order valence-corrected chi connectivity index (χ0v) is 19.5. The summed E-state index contributed by atoms with van der Waals surface area (Å²) in [6, 6.07) is 21.6. The molecule has 0 aliphatic carbocycles. The molecular weight excluding hydrogens is 430 g/mol. The van der Waals surface area contributed by atoms with Crippen molar-refractivity contribution in [1.29, 1.82) is 0 Å². The molecule has 0 saturated heterocycles. The fraction of sp³-hybridized carbons (Fsp3) is 0.259. The number of rotatable bonds is 10. The molecule has 1 amide bonds. The summed E-state index contributed by atoms with van der Waals surface area (Å²) in [5.41, 5.74) is 9.64. The van der Waals surface area contributed by atoms with Crippen LogP contribution < -0.4 is 16.0 Å². The maximum absolute atomic E-state index is 12.8. The molecule has 0 fully saturated rings. The number of anilines is 1. The molecule has 0 aliphatic heterocycles. The number of benzene rings is 3. The number of carbonyl (C=O) groups is 2. The Kier molecular flexibility index (Phi) is 8.65. The van der Waals surface area contributed by atoms with Crippen molar-refractivity contribution in [2.75, 3.05) is 25.6 Å². The van der Waals surface area contributed by atoms with E-state index >= 15 is 0 Å². The molecule has 178 valence electrons. The van der Waals surface area contributed by atoms with Crippen LogP contribution >= 0.6 is 0 Å².